The summed E-state index contributed by atoms with van der Waals surface area (Å²) >= 11 is 0. The highest BCUT2D eigenvalue weighted by atomic mass is 16.5. The van der Waals surface area contributed by atoms with E-state index in [2.05, 4.69) is 19.1 Å². The number of fused-ring (bicyclic) bond motifs is 1. The molecule has 1 amide bonds. The summed E-state index contributed by atoms with van der Waals surface area (Å²) < 4.78 is 5.59. The number of carbonyl (C=O) groups is 1. The molecule has 1 aromatic carbocycles. The molecule has 17 heavy (non-hydrogen) atoms. The lowest BCUT2D eigenvalue weighted by atomic mass is 10.1. The lowest BCUT2D eigenvalue weighted by Crippen LogP contribution is -2.25. The van der Waals surface area contributed by atoms with Crippen molar-refractivity contribution in [1.29, 1.82) is 0 Å². The third kappa shape index (κ3) is 2.60. The van der Waals surface area contributed by atoms with Crippen molar-refractivity contribution in [1.82, 2.24) is 0 Å². The van der Waals surface area contributed by atoms with E-state index < -0.39 is 0 Å². The maximum absolute atomic E-state index is 11.7. The number of anilines is 1. The molecule has 3 heteroatoms. The minimum absolute atomic E-state index is 0.122. The van der Waals surface area contributed by atoms with E-state index in [9.17, 15) is 4.79 Å². The Morgan fingerprint density at radius 2 is 2.24 bits per heavy atom. The molecule has 0 fully saturated rings. The van der Waals surface area contributed by atoms with Crippen LogP contribution >= 0.6 is 0 Å². The van der Waals surface area contributed by atoms with Gasteiger partial charge in [-0.15, -0.1) is 0 Å². The van der Waals surface area contributed by atoms with Crippen LogP contribution in [0.5, 0.6) is 5.75 Å². The van der Waals surface area contributed by atoms with Crippen molar-refractivity contribution in [2.45, 2.75) is 32.6 Å². The first-order valence-corrected chi connectivity index (χ1v) is 6.24. The molecule has 1 aromatic rings. The van der Waals surface area contributed by atoms with Crippen LogP contribution in [-0.2, 0) is 11.2 Å². The second-order valence-corrected chi connectivity index (χ2v) is 4.46. The fraction of sp³-hybridized carbons (Fsp3) is 0.500. The molecule has 2 rings (SSSR count). The Morgan fingerprint density at radius 3 is 3.00 bits per heavy atom. The summed E-state index contributed by atoms with van der Waals surface area (Å²) in [5.74, 6) is 0.940. The molecule has 0 saturated heterocycles. The Labute approximate surface area is 102 Å². The number of aryl methyl sites for hydroxylation is 1. The minimum Gasteiger partial charge on any atom is -0.491 e. The molecular formula is C14H19NO2. The van der Waals surface area contributed by atoms with Crippen LogP contribution in [0.2, 0.25) is 0 Å². The summed E-state index contributed by atoms with van der Waals surface area (Å²) in [7, 11) is 1.82. The monoisotopic (exact) mass is 233 g/mol. The van der Waals surface area contributed by atoms with Crippen LogP contribution in [0.1, 0.15) is 31.7 Å². The van der Waals surface area contributed by atoms with Gasteiger partial charge in [-0.3, -0.25) is 4.79 Å². The SMILES string of the molecule is CCCCc1ccc2c(c1)N(C)C(=O)CCO2. The molecule has 92 valence electrons. The molecule has 0 atom stereocenters. The molecule has 1 heterocycles. The zero-order valence-electron chi connectivity index (χ0n) is 10.5. The van der Waals surface area contributed by atoms with E-state index in [0.29, 0.717) is 13.0 Å². The van der Waals surface area contributed by atoms with E-state index in [1.165, 1.54) is 18.4 Å². The second-order valence-electron chi connectivity index (χ2n) is 4.46. The lowest BCUT2D eigenvalue weighted by molar-refractivity contribution is -0.118. The average Bonchev–Trinajstić information content (AvgIpc) is 2.48. The van der Waals surface area contributed by atoms with E-state index in [4.69, 9.17) is 4.74 Å². The average molecular weight is 233 g/mol. The van der Waals surface area contributed by atoms with Gasteiger partial charge < -0.3 is 9.64 Å². The summed E-state index contributed by atoms with van der Waals surface area (Å²) in [6, 6.07) is 6.15. The predicted octanol–water partition coefficient (Wildman–Crippen LogP) is 2.77. The van der Waals surface area contributed by atoms with Gasteiger partial charge in [-0.1, -0.05) is 19.4 Å². The smallest absolute Gasteiger partial charge is 0.230 e. The van der Waals surface area contributed by atoms with Crippen LogP contribution in [0.4, 0.5) is 5.69 Å². The van der Waals surface area contributed by atoms with E-state index in [1.807, 2.05) is 13.1 Å². The number of benzene rings is 1. The van der Waals surface area contributed by atoms with Crippen molar-refractivity contribution in [3.63, 3.8) is 0 Å². The Hall–Kier alpha value is -1.51. The third-order valence-electron chi connectivity index (χ3n) is 3.15. The van der Waals surface area contributed by atoms with Gasteiger partial charge >= 0.3 is 0 Å². The number of ether oxygens (including phenoxy) is 1. The van der Waals surface area contributed by atoms with Crippen LogP contribution < -0.4 is 9.64 Å². The number of unbranched alkanes of at least 4 members (excludes halogenated alkanes) is 1. The maximum atomic E-state index is 11.7. The second kappa shape index (κ2) is 5.21. The molecule has 0 bridgehead atoms. The highest BCUT2D eigenvalue weighted by Crippen LogP contribution is 2.31. The third-order valence-corrected chi connectivity index (χ3v) is 3.15. The molecule has 0 aliphatic carbocycles. The van der Waals surface area contributed by atoms with Gasteiger partial charge in [0.1, 0.15) is 5.75 Å². The Bertz CT molecular complexity index is 415. The van der Waals surface area contributed by atoms with Crippen molar-refractivity contribution in [3.05, 3.63) is 23.8 Å². The van der Waals surface area contributed by atoms with Gasteiger partial charge in [-0.2, -0.15) is 0 Å². The molecular weight excluding hydrogens is 214 g/mol. The molecule has 0 N–H and O–H groups in total. The van der Waals surface area contributed by atoms with Crippen LogP contribution in [0, 0.1) is 0 Å². The Balaban J connectivity index is 2.28. The largest absolute Gasteiger partial charge is 0.491 e. The summed E-state index contributed by atoms with van der Waals surface area (Å²) in [6.07, 6.45) is 3.88. The normalized spacial score (nSPS) is 15.2. The van der Waals surface area contributed by atoms with Crippen molar-refractivity contribution in [3.8, 4) is 5.75 Å². The van der Waals surface area contributed by atoms with Crippen molar-refractivity contribution < 1.29 is 9.53 Å². The number of nitrogens with zero attached hydrogens (tertiary/aromatic N) is 1. The number of hydrogen-bond donors (Lipinski definition) is 0. The first-order valence-electron chi connectivity index (χ1n) is 6.24. The number of hydrogen-bond acceptors (Lipinski definition) is 2. The highest BCUT2D eigenvalue weighted by molar-refractivity contribution is 5.95. The lowest BCUT2D eigenvalue weighted by Gasteiger charge is -2.17. The molecule has 0 aromatic heterocycles. The van der Waals surface area contributed by atoms with Crippen LogP contribution in [0.15, 0.2) is 18.2 Å². The summed E-state index contributed by atoms with van der Waals surface area (Å²) in [6.45, 7) is 2.66. The molecule has 3 nitrogen and oxygen atoms in total. The summed E-state index contributed by atoms with van der Waals surface area (Å²) in [5.41, 5.74) is 2.18. The van der Waals surface area contributed by atoms with Crippen LogP contribution in [0.25, 0.3) is 0 Å². The van der Waals surface area contributed by atoms with E-state index in [1.54, 1.807) is 4.90 Å². The fourth-order valence-corrected chi connectivity index (χ4v) is 2.03. The van der Waals surface area contributed by atoms with E-state index in [-0.39, 0.29) is 5.91 Å². The standard InChI is InChI=1S/C14H19NO2/c1-3-4-5-11-6-7-13-12(10-11)15(2)14(16)8-9-17-13/h6-7,10H,3-5,8-9H2,1-2H3. The summed E-state index contributed by atoms with van der Waals surface area (Å²) in [4.78, 5) is 13.5. The molecule has 0 radical (unpaired) electrons. The van der Waals surface area contributed by atoms with Crippen LogP contribution in [0.3, 0.4) is 0 Å². The van der Waals surface area contributed by atoms with Gasteiger partial charge in [0.05, 0.1) is 18.7 Å². The number of carbonyl (C=O) groups excluding carboxylic acids is 1. The Kier molecular flexibility index (Phi) is 3.67. The van der Waals surface area contributed by atoms with Gasteiger partial charge in [0.25, 0.3) is 0 Å². The molecule has 0 spiro atoms. The van der Waals surface area contributed by atoms with E-state index in [0.717, 1.165) is 17.9 Å². The molecule has 1 aliphatic rings. The predicted molar refractivity (Wildman–Crippen MR) is 68.6 cm³/mol. The molecule has 1 aliphatic heterocycles. The van der Waals surface area contributed by atoms with Crippen molar-refractivity contribution in [2.75, 3.05) is 18.6 Å². The van der Waals surface area contributed by atoms with Gasteiger partial charge in [-0.25, -0.2) is 0 Å². The zero-order valence-corrected chi connectivity index (χ0v) is 10.5. The molecule has 0 unspecified atom stereocenters. The quantitative estimate of drug-likeness (QED) is 0.803. The van der Waals surface area contributed by atoms with E-state index >= 15 is 0 Å². The van der Waals surface area contributed by atoms with Crippen molar-refractivity contribution in [2.24, 2.45) is 0 Å². The zero-order chi connectivity index (χ0) is 12.3. The fourth-order valence-electron chi connectivity index (χ4n) is 2.03. The first kappa shape index (κ1) is 12.0. The summed E-state index contributed by atoms with van der Waals surface area (Å²) in [5, 5.41) is 0. The van der Waals surface area contributed by atoms with Gasteiger partial charge in [-0.05, 0) is 30.5 Å². The van der Waals surface area contributed by atoms with Gasteiger partial charge in [0.15, 0.2) is 0 Å². The number of amides is 1. The Morgan fingerprint density at radius 1 is 1.41 bits per heavy atom. The highest BCUT2D eigenvalue weighted by Gasteiger charge is 2.19. The van der Waals surface area contributed by atoms with Crippen LogP contribution in [-0.4, -0.2) is 19.6 Å². The maximum Gasteiger partial charge on any atom is 0.230 e. The van der Waals surface area contributed by atoms with Gasteiger partial charge in [0, 0.05) is 7.05 Å². The topological polar surface area (TPSA) is 29.5 Å². The number of rotatable bonds is 3. The van der Waals surface area contributed by atoms with Crippen molar-refractivity contribution >= 4 is 11.6 Å². The molecule has 0 saturated carbocycles. The first-order chi connectivity index (χ1) is 8.22. The van der Waals surface area contributed by atoms with Gasteiger partial charge in [0.2, 0.25) is 5.91 Å². The minimum atomic E-state index is 0.122.